The molecule has 6 nitrogen and oxygen atoms in total. The van der Waals surface area contributed by atoms with Crippen molar-refractivity contribution in [2.45, 2.75) is 20.4 Å². The van der Waals surface area contributed by atoms with Crippen molar-refractivity contribution in [2.24, 2.45) is 5.16 Å². The molecule has 2 aromatic carbocycles. The van der Waals surface area contributed by atoms with Crippen LogP contribution in [0.3, 0.4) is 0 Å². The molecule has 7 heteroatoms. The lowest BCUT2D eigenvalue weighted by Gasteiger charge is -2.09. The van der Waals surface area contributed by atoms with Crippen molar-refractivity contribution in [1.29, 1.82) is 0 Å². The van der Waals surface area contributed by atoms with Crippen LogP contribution in [0.1, 0.15) is 23.6 Å². The van der Waals surface area contributed by atoms with Gasteiger partial charge in [0.2, 0.25) is 0 Å². The van der Waals surface area contributed by atoms with Crippen LogP contribution in [-0.4, -0.2) is 32.4 Å². The second-order valence-corrected chi connectivity index (χ2v) is 5.71. The number of nitrogens with one attached hydrogen (secondary N) is 1. The molecule has 0 heterocycles. The molecule has 0 aliphatic heterocycles. The van der Waals surface area contributed by atoms with Gasteiger partial charge in [-0.15, -0.1) is 0 Å². The van der Waals surface area contributed by atoms with Gasteiger partial charge in [0.25, 0.3) is 5.91 Å². The van der Waals surface area contributed by atoms with Crippen LogP contribution in [-0.2, 0) is 16.2 Å². The van der Waals surface area contributed by atoms with Crippen LogP contribution in [0.25, 0.3) is 0 Å². The highest BCUT2D eigenvalue weighted by molar-refractivity contribution is 5.81. The molecule has 0 atom stereocenters. The predicted molar refractivity (Wildman–Crippen MR) is 101 cm³/mol. The number of rotatable bonds is 9. The molecule has 2 rings (SSSR count). The van der Waals surface area contributed by atoms with E-state index in [0.29, 0.717) is 29.2 Å². The molecule has 0 unspecified atom stereocenters. The Hall–Kier alpha value is -3.09. The summed E-state index contributed by atoms with van der Waals surface area (Å²) >= 11 is 0. The molecule has 1 N–H and O–H groups in total. The predicted octanol–water partition coefficient (Wildman–Crippen LogP) is 3.21. The van der Waals surface area contributed by atoms with E-state index in [-0.39, 0.29) is 24.9 Å². The number of methoxy groups -OCH3 is 1. The monoisotopic (exact) mass is 374 g/mol. The maximum atomic E-state index is 13.5. The van der Waals surface area contributed by atoms with Crippen LogP contribution >= 0.6 is 0 Å². The van der Waals surface area contributed by atoms with E-state index in [4.69, 9.17) is 14.3 Å². The molecule has 0 fully saturated rings. The third-order valence-electron chi connectivity index (χ3n) is 3.69. The molecule has 0 spiro atoms. The van der Waals surface area contributed by atoms with E-state index in [2.05, 4.69) is 10.5 Å². The van der Waals surface area contributed by atoms with Crippen LogP contribution < -0.4 is 14.8 Å². The van der Waals surface area contributed by atoms with Crippen molar-refractivity contribution in [3.8, 4) is 11.5 Å². The van der Waals surface area contributed by atoms with Gasteiger partial charge in [0, 0.05) is 12.1 Å². The molecule has 0 saturated heterocycles. The van der Waals surface area contributed by atoms with Crippen molar-refractivity contribution in [1.82, 2.24) is 5.32 Å². The Labute approximate surface area is 157 Å². The molecule has 0 aliphatic rings. The number of carbonyl (C=O) groups is 1. The lowest BCUT2D eigenvalue weighted by molar-refractivity contribution is -0.125. The second-order valence-electron chi connectivity index (χ2n) is 5.71. The number of hydrogen-bond donors (Lipinski definition) is 1. The fraction of sp³-hybridized carbons (Fsp3) is 0.300. The lowest BCUT2D eigenvalue weighted by atomic mass is 10.1. The van der Waals surface area contributed by atoms with Gasteiger partial charge in [0.15, 0.2) is 18.1 Å². The maximum Gasteiger partial charge on any atom is 0.261 e. The van der Waals surface area contributed by atoms with E-state index in [1.54, 1.807) is 44.4 Å². The number of amides is 1. The fourth-order valence-electron chi connectivity index (χ4n) is 2.23. The van der Waals surface area contributed by atoms with Gasteiger partial charge in [-0.3, -0.25) is 4.79 Å². The molecular formula is C20H23FN2O4. The van der Waals surface area contributed by atoms with Crippen LogP contribution in [0.2, 0.25) is 0 Å². The molecule has 0 aliphatic carbocycles. The highest BCUT2D eigenvalue weighted by Crippen LogP contribution is 2.27. The number of nitrogens with zero attached hydrogens (tertiary/aromatic N) is 1. The molecule has 0 radical (unpaired) electrons. The van der Waals surface area contributed by atoms with Gasteiger partial charge in [0.05, 0.1) is 19.9 Å². The first-order valence-electron chi connectivity index (χ1n) is 8.51. The lowest BCUT2D eigenvalue weighted by Crippen LogP contribution is -2.26. The van der Waals surface area contributed by atoms with Crippen molar-refractivity contribution in [3.63, 3.8) is 0 Å². The van der Waals surface area contributed by atoms with Gasteiger partial charge in [-0.2, -0.15) is 0 Å². The summed E-state index contributed by atoms with van der Waals surface area (Å²) in [5, 5.41) is 6.41. The van der Waals surface area contributed by atoms with Gasteiger partial charge in [-0.05, 0) is 49.2 Å². The summed E-state index contributed by atoms with van der Waals surface area (Å²) in [5.74, 6) is 0.583. The molecule has 27 heavy (non-hydrogen) atoms. The third-order valence-corrected chi connectivity index (χ3v) is 3.69. The van der Waals surface area contributed by atoms with E-state index >= 15 is 0 Å². The molecule has 0 saturated carbocycles. The van der Waals surface area contributed by atoms with Crippen LogP contribution in [0.15, 0.2) is 41.6 Å². The smallest absolute Gasteiger partial charge is 0.261 e. The summed E-state index contributed by atoms with van der Waals surface area (Å²) in [6, 6.07) is 10.2. The minimum atomic E-state index is -0.350. The van der Waals surface area contributed by atoms with Gasteiger partial charge >= 0.3 is 0 Å². The summed E-state index contributed by atoms with van der Waals surface area (Å²) in [7, 11) is 1.56. The van der Waals surface area contributed by atoms with Crippen LogP contribution in [0.4, 0.5) is 4.39 Å². The third kappa shape index (κ3) is 6.29. The van der Waals surface area contributed by atoms with Gasteiger partial charge < -0.3 is 19.6 Å². The fourth-order valence-corrected chi connectivity index (χ4v) is 2.23. The molecule has 1 amide bonds. The Balaban J connectivity index is 1.79. The van der Waals surface area contributed by atoms with Gasteiger partial charge in [0.1, 0.15) is 5.82 Å². The summed E-state index contributed by atoms with van der Waals surface area (Å²) < 4.78 is 24.2. The first-order valence-corrected chi connectivity index (χ1v) is 8.51. The van der Waals surface area contributed by atoms with Gasteiger partial charge in [-0.25, -0.2) is 4.39 Å². The SMILES string of the molecule is CCOc1ccc(/C=N/OCC(=O)NCc2ccc(C)c(F)c2)cc1OC. The van der Waals surface area contributed by atoms with Crippen molar-refractivity contribution in [3.05, 3.63) is 58.9 Å². The first kappa shape index (κ1) is 20.2. The summed E-state index contributed by atoms with van der Waals surface area (Å²) in [6.45, 7) is 4.10. The standard InChI is InChI=1S/C20H23FN2O4/c1-4-26-18-8-7-16(10-19(18)25-3)12-23-27-13-20(24)22-11-15-6-5-14(2)17(21)9-15/h5-10,12H,4,11,13H2,1-3H3,(H,22,24)/b23-12+. The number of halogens is 1. The second kappa shape index (κ2) is 10.2. The van der Waals surface area contributed by atoms with Gasteiger partial charge in [-0.1, -0.05) is 17.3 Å². The Morgan fingerprint density at radius 3 is 2.74 bits per heavy atom. The Morgan fingerprint density at radius 1 is 1.22 bits per heavy atom. The number of oxime groups is 1. The zero-order valence-corrected chi connectivity index (χ0v) is 15.6. The van der Waals surface area contributed by atoms with Crippen molar-refractivity contribution < 1.29 is 23.5 Å². The average Bonchev–Trinajstić information content (AvgIpc) is 2.67. The minimum Gasteiger partial charge on any atom is -0.493 e. The summed E-state index contributed by atoms with van der Waals surface area (Å²) in [6.07, 6.45) is 1.47. The Bertz CT molecular complexity index is 809. The Kier molecular flexibility index (Phi) is 7.61. The topological polar surface area (TPSA) is 69.2 Å². The van der Waals surface area contributed by atoms with E-state index in [1.165, 1.54) is 12.3 Å². The molecule has 0 bridgehead atoms. The number of carbonyl (C=O) groups excluding carboxylic acids is 1. The molecule has 2 aromatic rings. The van der Waals surface area contributed by atoms with Crippen molar-refractivity contribution >= 4 is 12.1 Å². The van der Waals surface area contributed by atoms with E-state index in [9.17, 15) is 9.18 Å². The van der Waals surface area contributed by atoms with Crippen molar-refractivity contribution in [2.75, 3.05) is 20.3 Å². The van der Waals surface area contributed by atoms with Crippen LogP contribution in [0.5, 0.6) is 11.5 Å². The molecule has 144 valence electrons. The minimum absolute atomic E-state index is 0.221. The Morgan fingerprint density at radius 2 is 2.04 bits per heavy atom. The molecule has 0 aromatic heterocycles. The molecular weight excluding hydrogens is 351 g/mol. The quantitative estimate of drug-likeness (QED) is 0.541. The first-order chi connectivity index (χ1) is 13.0. The normalized spacial score (nSPS) is 10.7. The number of hydrogen-bond acceptors (Lipinski definition) is 5. The largest absolute Gasteiger partial charge is 0.493 e. The zero-order chi connectivity index (χ0) is 19.6. The van der Waals surface area contributed by atoms with Crippen LogP contribution in [0, 0.1) is 12.7 Å². The average molecular weight is 374 g/mol. The highest BCUT2D eigenvalue weighted by Gasteiger charge is 2.05. The highest BCUT2D eigenvalue weighted by atomic mass is 19.1. The number of benzene rings is 2. The van der Waals surface area contributed by atoms with E-state index in [0.717, 1.165) is 5.56 Å². The summed E-state index contributed by atoms with van der Waals surface area (Å²) in [4.78, 5) is 16.7. The summed E-state index contributed by atoms with van der Waals surface area (Å²) in [5.41, 5.74) is 1.98. The number of ether oxygens (including phenoxy) is 2. The maximum absolute atomic E-state index is 13.5. The zero-order valence-electron chi connectivity index (χ0n) is 15.6. The van der Waals surface area contributed by atoms with E-state index < -0.39 is 0 Å². The van der Waals surface area contributed by atoms with E-state index in [1.807, 2.05) is 6.92 Å². The number of aryl methyl sites for hydroxylation is 1.